The number of hydrogen-bond donors (Lipinski definition) is 2. The molecular weight excluding hydrogens is 324 g/mol. The van der Waals surface area contributed by atoms with Crippen molar-refractivity contribution in [1.82, 2.24) is 10.9 Å². The maximum Gasteiger partial charge on any atom is 0.279 e. The van der Waals surface area contributed by atoms with Gasteiger partial charge in [-0.3, -0.25) is 20.4 Å². The molecule has 2 amide bonds. The van der Waals surface area contributed by atoms with E-state index in [0.717, 1.165) is 12.8 Å². The molecule has 2 aromatic rings. The summed E-state index contributed by atoms with van der Waals surface area (Å²) in [6.07, 6.45) is 5.69. The van der Waals surface area contributed by atoms with E-state index in [2.05, 4.69) is 10.9 Å². The smallest absolute Gasteiger partial charge is 0.279 e. The van der Waals surface area contributed by atoms with Gasteiger partial charge < -0.3 is 4.74 Å². The van der Waals surface area contributed by atoms with E-state index in [0.29, 0.717) is 16.2 Å². The summed E-state index contributed by atoms with van der Waals surface area (Å²) in [4.78, 5) is 26.3. The number of amides is 2. The van der Waals surface area contributed by atoms with Gasteiger partial charge >= 0.3 is 0 Å². The Morgan fingerprint density at radius 3 is 2.67 bits per heavy atom. The van der Waals surface area contributed by atoms with E-state index in [1.165, 1.54) is 41.0 Å². The minimum atomic E-state index is -0.375. The Morgan fingerprint density at radius 1 is 1.04 bits per heavy atom. The maximum atomic E-state index is 12.3. The van der Waals surface area contributed by atoms with Gasteiger partial charge in [-0.15, -0.1) is 11.3 Å². The maximum absolute atomic E-state index is 12.3. The minimum absolute atomic E-state index is 0.274. The van der Waals surface area contributed by atoms with Crippen molar-refractivity contribution in [1.29, 1.82) is 0 Å². The Morgan fingerprint density at radius 2 is 1.83 bits per heavy atom. The second-order valence-corrected chi connectivity index (χ2v) is 6.90. The highest BCUT2D eigenvalue weighted by molar-refractivity contribution is 7.14. The zero-order chi connectivity index (χ0) is 16.9. The summed E-state index contributed by atoms with van der Waals surface area (Å²) < 4.78 is 5.09. The van der Waals surface area contributed by atoms with Crippen LogP contribution in [0.2, 0.25) is 0 Å². The molecule has 0 saturated carbocycles. The van der Waals surface area contributed by atoms with Crippen LogP contribution in [0.25, 0.3) is 0 Å². The van der Waals surface area contributed by atoms with Crippen LogP contribution in [0.5, 0.6) is 5.75 Å². The second kappa shape index (κ2) is 7.49. The Kier molecular flexibility index (Phi) is 5.15. The second-order valence-electron chi connectivity index (χ2n) is 5.76. The van der Waals surface area contributed by atoms with Gasteiger partial charge in [-0.05, 0) is 55.5 Å². The molecule has 1 heterocycles. The summed E-state index contributed by atoms with van der Waals surface area (Å²) >= 11 is 1.53. The molecule has 0 fully saturated rings. The Hall–Kier alpha value is -2.34. The largest absolute Gasteiger partial charge is 0.497 e. The molecule has 0 saturated heterocycles. The third-order valence-electron chi connectivity index (χ3n) is 4.09. The van der Waals surface area contributed by atoms with Gasteiger partial charge in [0.2, 0.25) is 0 Å². The van der Waals surface area contributed by atoms with E-state index in [1.807, 2.05) is 6.07 Å². The average molecular weight is 344 g/mol. The van der Waals surface area contributed by atoms with Crippen molar-refractivity contribution in [2.75, 3.05) is 7.11 Å². The van der Waals surface area contributed by atoms with Crippen molar-refractivity contribution in [2.24, 2.45) is 0 Å². The van der Waals surface area contributed by atoms with E-state index in [-0.39, 0.29) is 11.8 Å². The SMILES string of the molecule is COc1cccc(C(=O)NNC(=O)c2cc3c(s2)CCCCC3)c1. The predicted molar refractivity (Wildman–Crippen MR) is 93.5 cm³/mol. The van der Waals surface area contributed by atoms with Crippen molar-refractivity contribution in [3.8, 4) is 5.75 Å². The van der Waals surface area contributed by atoms with Crippen molar-refractivity contribution < 1.29 is 14.3 Å². The predicted octanol–water partition coefficient (Wildman–Crippen LogP) is 3.10. The van der Waals surface area contributed by atoms with Crippen LogP contribution in [0.4, 0.5) is 0 Å². The standard InChI is InChI=1S/C18H20N2O3S/c1-23-14-8-5-7-13(10-14)17(21)19-20-18(22)16-11-12-6-3-2-4-9-15(12)24-16/h5,7-8,10-11H,2-4,6,9H2,1H3,(H,19,21)(H,20,22). The van der Waals surface area contributed by atoms with Gasteiger partial charge in [-0.25, -0.2) is 0 Å². The van der Waals surface area contributed by atoms with Crippen LogP contribution < -0.4 is 15.6 Å². The van der Waals surface area contributed by atoms with Gasteiger partial charge in [0.15, 0.2) is 0 Å². The number of fused-ring (bicyclic) bond motifs is 1. The molecule has 1 aliphatic carbocycles. The molecule has 0 spiro atoms. The van der Waals surface area contributed by atoms with Crippen LogP contribution >= 0.6 is 11.3 Å². The molecule has 6 heteroatoms. The van der Waals surface area contributed by atoms with E-state index >= 15 is 0 Å². The lowest BCUT2D eigenvalue weighted by molar-refractivity contribution is 0.0848. The molecule has 0 bridgehead atoms. The molecule has 126 valence electrons. The van der Waals surface area contributed by atoms with Gasteiger partial charge in [-0.2, -0.15) is 0 Å². The van der Waals surface area contributed by atoms with E-state index in [1.54, 1.807) is 31.4 Å². The van der Waals surface area contributed by atoms with Gasteiger partial charge in [0.25, 0.3) is 11.8 Å². The number of carbonyl (C=O) groups excluding carboxylic acids is 2. The van der Waals surface area contributed by atoms with Gasteiger partial charge in [0.05, 0.1) is 12.0 Å². The number of aryl methyl sites for hydroxylation is 2. The molecule has 3 rings (SSSR count). The van der Waals surface area contributed by atoms with E-state index in [9.17, 15) is 9.59 Å². The number of ether oxygens (including phenoxy) is 1. The fraction of sp³-hybridized carbons (Fsp3) is 0.333. The van der Waals surface area contributed by atoms with Crippen LogP contribution in [-0.2, 0) is 12.8 Å². The van der Waals surface area contributed by atoms with Gasteiger partial charge in [0, 0.05) is 10.4 Å². The first-order valence-electron chi connectivity index (χ1n) is 8.03. The monoisotopic (exact) mass is 344 g/mol. The van der Waals surface area contributed by atoms with Crippen LogP contribution in [0, 0.1) is 0 Å². The Labute approximate surface area is 145 Å². The highest BCUT2D eigenvalue weighted by Gasteiger charge is 2.17. The summed E-state index contributed by atoms with van der Waals surface area (Å²) in [5, 5.41) is 0. The van der Waals surface area contributed by atoms with Crippen molar-refractivity contribution in [3.05, 3.63) is 51.2 Å². The fourth-order valence-corrected chi connectivity index (χ4v) is 3.94. The van der Waals surface area contributed by atoms with Gasteiger partial charge in [-0.1, -0.05) is 12.5 Å². The Bertz CT molecular complexity index is 731. The molecule has 24 heavy (non-hydrogen) atoms. The lowest BCUT2D eigenvalue weighted by Gasteiger charge is -2.07. The highest BCUT2D eigenvalue weighted by atomic mass is 32.1. The number of nitrogens with one attached hydrogen (secondary N) is 2. The van der Waals surface area contributed by atoms with Crippen LogP contribution in [0.1, 0.15) is 49.7 Å². The van der Waals surface area contributed by atoms with Crippen LogP contribution in [-0.4, -0.2) is 18.9 Å². The van der Waals surface area contributed by atoms with Crippen molar-refractivity contribution in [3.63, 3.8) is 0 Å². The zero-order valence-corrected chi connectivity index (χ0v) is 14.4. The summed E-state index contributed by atoms with van der Waals surface area (Å²) in [5.74, 6) is -0.0549. The molecule has 0 aliphatic heterocycles. The number of rotatable bonds is 3. The van der Waals surface area contributed by atoms with Gasteiger partial charge in [0.1, 0.15) is 5.75 Å². The van der Waals surface area contributed by atoms with Crippen molar-refractivity contribution >= 4 is 23.2 Å². The molecule has 1 aromatic carbocycles. The molecule has 1 aromatic heterocycles. The minimum Gasteiger partial charge on any atom is -0.497 e. The Balaban J connectivity index is 1.62. The molecule has 1 aliphatic rings. The number of benzene rings is 1. The summed E-state index contributed by atoms with van der Waals surface area (Å²) in [5.41, 5.74) is 6.65. The quantitative estimate of drug-likeness (QED) is 0.664. The molecule has 0 atom stereocenters. The third kappa shape index (κ3) is 3.76. The number of hydrogen-bond acceptors (Lipinski definition) is 4. The van der Waals surface area contributed by atoms with E-state index in [4.69, 9.17) is 4.74 Å². The number of methoxy groups -OCH3 is 1. The first-order chi connectivity index (χ1) is 11.7. The van der Waals surface area contributed by atoms with Crippen molar-refractivity contribution in [2.45, 2.75) is 32.1 Å². The number of carbonyl (C=O) groups is 2. The highest BCUT2D eigenvalue weighted by Crippen LogP contribution is 2.28. The first kappa shape index (κ1) is 16.5. The summed E-state index contributed by atoms with van der Waals surface area (Å²) in [6.45, 7) is 0. The normalized spacial score (nSPS) is 13.5. The van der Waals surface area contributed by atoms with E-state index < -0.39 is 0 Å². The molecule has 5 nitrogen and oxygen atoms in total. The molecular formula is C18H20N2O3S. The summed E-state index contributed by atoms with van der Waals surface area (Å²) in [6, 6.07) is 8.73. The molecule has 2 N–H and O–H groups in total. The van der Waals surface area contributed by atoms with Crippen LogP contribution in [0.3, 0.4) is 0 Å². The molecule has 0 radical (unpaired) electrons. The fourth-order valence-electron chi connectivity index (χ4n) is 2.79. The topological polar surface area (TPSA) is 67.4 Å². The lowest BCUT2D eigenvalue weighted by atomic mass is 10.1. The van der Waals surface area contributed by atoms with Crippen LogP contribution in [0.15, 0.2) is 30.3 Å². The number of hydrazine groups is 1. The first-order valence-corrected chi connectivity index (χ1v) is 8.85. The third-order valence-corrected chi connectivity index (χ3v) is 5.33. The number of thiophene rings is 1. The molecule has 0 unspecified atom stereocenters. The zero-order valence-electron chi connectivity index (χ0n) is 13.6. The summed E-state index contributed by atoms with van der Waals surface area (Å²) in [7, 11) is 1.54. The average Bonchev–Trinajstić information content (AvgIpc) is 2.90. The lowest BCUT2D eigenvalue weighted by Crippen LogP contribution is -2.41.